The molecule has 0 amide bonds. The van der Waals surface area contributed by atoms with Crippen LogP contribution in [0.4, 0.5) is 0 Å². The average Bonchev–Trinajstić information content (AvgIpc) is 3.46. The molecule has 0 saturated heterocycles. The third-order valence-electron chi connectivity index (χ3n) is 6.12. The molecule has 0 spiro atoms. The Labute approximate surface area is 248 Å². The summed E-state index contributed by atoms with van der Waals surface area (Å²) in [5.41, 5.74) is 8.06. The summed E-state index contributed by atoms with van der Waals surface area (Å²) in [5.74, 6) is 0. The van der Waals surface area contributed by atoms with Crippen LogP contribution in [-0.2, 0) is 20.8 Å². The number of fused-ring (bicyclic) bond motifs is 2. The van der Waals surface area contributed by atoms with E-state index in [-0.39, 0.29) is 0 Å². The predicted octanol–water partition coefficient (Wildman–Crippen LogP) is 11.2. The van der Waals surface area contributed by atoms with Gasteiger partial charge in [0.05, 0.1) is 0 Å². The van der Waals surface area contributed by atoms with Gasteiger partial charge in [-0.05, 0) is 0 Å². The van der Waals surface area contributed by atoms with Gasteiger partial charge >= 0.3 is 37.9 Å². The van der Waals surface area contributed by atoms with Crippen LogP contribution in [0.5, 0.6) is 0 Å². The fourth-order valence-corrected chi connectivity index (χ4v) is 4.71. The van der Waals surface area contributed by atoms with E-state index in [9.17, 15) is 0 Å². The van der Waals surface area contributed by atoms with Gasteiger partial charge in [-0.2, -0.15) is 0 Å². The first-order valence-electron chi connectivity index (χ1n) is 12.5. The summed E-state index contributed by atoms with van der Waals surface area (Å²) in [5, 5.41) is 5.37. The maximum absolute atomic E-state index is 4.93. The summed E-state index contributed by atoms with van der Waals surface area (Å²) in [7, 11) is 11.0. The van der Waals surface area contributed by atoms with E-state index in [2.05, 4.69) is 148 Å². The summed E-state index contributed by atoms with van der Waals surface area (Å²) >= 11 is -0.826. The van der Waals surface area contributed by atoms with Gasteiger partial charge in [0.15, 0.2) is 0 Å². The first-order valence-corrected chi connectivity index (χ1v) is 20.8. The number of benzene rings is 4. The Morgan fingerprint density at radius 3 is 1.16 bits per heavy atom. The molecule has 2 radical (unpaired) electrons. The Bertz CT molecular complexity index is 1400. The number of rotatable bonds is 2. The van der Waals surface area contributed by atoms with Crippen molar-refractivity contribution < 1.29 is 20.8 Å². The molecule has 4 heteroatoms. The third kappa shape index (κ3) is 7.90. The fourth-order valence-electron chi connectivity index (χ4n) is 4.71. The van der Waals surface area contributed by atoms with E-state index in [1.807, 2.05) is 0 Å². The topological polar surface area (TPSA) is 0 Å². The summed E-state index contributed by atoms with van der Waals surface area (Å²) in [6.45, 7) is 8.67. The van der Waals surface area contributed by atoms with Crippen LogP contribution >= 0.6 is 17.0 Å². The van der Waals surface area contributed by atoms with E-state index in [1.54, 1.807) is 0 Å². The monoisotopic (exact) mass is 628 g/mol. The number of aryl methyl sites for hydroxylation is 2. The zero-order valence-electron chi connectivity index (χ0n) is 22.3. The van der Waals surface area contributed by atoms with Gasteiger partial charge in [0.1, 0.15) is 0 Å². The molecular weight excluding hydrogens is 599 g/mol. The van der Waals surface area contributed by atoms with Crippen molar-refractivity contribution in [3.05, 3.63) is 132 Å². The zero-order valence-corrected chi connectivity index (χ0v) is 27.3. The fraction of sp³-hybridized carbons (Fsp3) is 0.118. The molecule has 0 aromatic heterocycles. The molecule has 0 saturated carbocycles. The van der Waals surface area contributed by atoms with E-state index in [4.69, 9.17) is 17.0 Å². The van der Waals surface area contributed by atoms with Gasteiger partial charge in [0, 0.05) is 9.52 Å². The summed E-state index contributed by atoms with van der Waals surface area (Å²) in [6, 6.07) is 42.9. The van der Waals surface area contributed by atoms with Crippen LogP contribution in [0.15, 0.2) is 121 Å². The van der Waals surface area contributed by atoms with Gasteiger partial charge in [0.2, 0.25) is 0 Å². The average molecular weight is 631 g/mol. The molecule has 0 aliphatic rings. The molecule has 38 heavy (non-hydrogen) atoms. The minimum atomic E-state index is -0.826. The van der Waals surface area contributed by atoms with E-state index in [1.165, 1.54) is 54.9 Å². The van der Waals surface area contributed by atoms with E-state index in [0.717, 1.165) is 9.52 Å². The Morgan fingerprint density at radius 1 is 0.526 bits per heavy atom. The minimum absolute atomic E-state index is 0.826. The zero-order chi connectivity index (χ0) is 27.3. The first kappa shape index (κ1) is 30.3. The molecule has 0 unspecified atom stereocenters. The molecule has 6 rings (SSSR count). The van der Waals surface area contributed by atoms with E-state index < -0.39 is 20.8 Å². The predicted molar refractivity (Wildman–Crippen MR) is 169 cm³/mol. The number of hydrogen-bond acceptors (Lipinski definition) is 0. The number of hydrogen-bond donors (Lipinski definition) is 0. The van der Waals surface area contributed by atoms with Crippen molar-refractivity contribution in [1.82, 2.24) is 0 Å². The maximum atomic E-state index is 4.93. The van der Waals surface area contributed by atoms with Crippen molar-refractivity contribution in [2.45, 2.75) is 26.9 Å². The second-order valence-electron chi connectivity index (χ2n) is 8.88. The van der Waals surface area contributed by atoms with Crippen LogP contribution in [0.3, 0.4) is 0 Å². The van der Waals surface area contributed by atoms with Crippen LogP contribution < -0.4 is 0 Å². The van der Waals surface area contributed by atoms with Crippen LogP contribution in [0.2, 0.25) is 13.1 Å². The van der Waals surface area contributed by atoms with Crippen molar-refractivity contribution in [2.75, 3.05) is 0 Å². The Kier molecular flexibility index (Phi) is 12.8. The molecule has 0 fully saturated rings. The molecule has 0 atom stereocenters. The van der Waals surface area contributed by atoms with Crippen LogP contribution in [0, 0.1) is 13.8 Å². The van der Waals surface area contributed by atoms with Gasteiger partial charge in [-0.25, -0.2) is 0 Å². The Hall–Kier alpha value is -2.22. The molecule has 0 N–H and O–H groups in total. The van der Waals surface area contributed by atoms with Crippen molar-refractivity contribution in [3.8, 4) is 22.3 Å². The van der Waals surface area contributed by atoms with Crippen molar-refractivity contribution in [1.29, 1.82) is 0 Å². The third-order valence-corrected chi connectivity index (χ3v) is 6.12. The van der Waals surface area contributed by atoms with E-state index in [0.29, 0.717) is 0 Å². The molecule has 6 aromatic rings. The van der Waals surface area contributed by atoms with Gasteiger partial charge in [-0.1, -0.05) is 132 Å². The molecule has 0 bridgehead atoms. The number of halogens is 2. The van der Waals surface area contributed by atoms with Gasteiger partial charge < -0.3 is 0 Å². The van der Waals surface area contributed by atoms with Gasteiger partial charge in [-0.15, -0.1) is 70.8 Å². The molecule has 0 aliphatic heterocycles. The summed E-state index contributed by atoms with van der Waals surface area (Å²) in [6.07, 6.45) is 0. The molecule has 0 heterocycles. The molecule has 0 nitrogen and oxygen atoms in total. The quantitative estimate of drug-likeness (QED) is 0.132. The normalized spacial score (nSPS) is 9.84. The van der Waals surface area contributed by atoms with Crippen molar-refractivity contribution in [2.24, 2.45) is 0 Å². The van der Waals surface area contributed by atoms with Crippen LogP contribution in [0.1, 0.15) is 11.1 Å². The molecule has 190 valence electrons. The van der Waals surface area contributed by atoms with Crippen LogP contribution in [0.25, 0.3) is 43.8 Å². The van der Waals surface area contributed by atoms with Crippen molar-refractivity contribution >= 4 is 48.1 Å². The molecule has 0 aliphatic carbocycles. The SMILES string of the molecule is C[Si]C.Cc1cc2ccccc2[c-]1-c1ccccc1.Cc1cc2ccccc2[c-]1-c1ccccc1.[Cl][Zr+2][Cl]. The first-order chi connectivity index (χ1) is 18.5. The Morgan fingerprint density at radius 2 is 0.816 bits per heavy atom. The van der Waals surface area contributed by atoms with Crippen molar-refractivity contribution in [3.63, 3.8) is 0 Å². The standard InChI is InChI=1S/2C16H13.C2H6Si.2ClH.Zr/c2*1-12-11-14-9-5-6-10-15(14)16(12)13-7-3-2-4-8-13;1-3-2;;;/h2*2-11H,1H3;1-2H3;2*1H;/q2*-1;;;;+4/p-2. The van der Waals surface area contributed by atoms with Crippen LogP contribution in [-0.4, -0.2) is 9.52 Å². The Balaban J connectivity index is 0.000000175. The molecule has 6 aromatic carbocycles. The van der Waals surface area contributed by atoms with Gasteiger partial charge in [0.25, 0.3) is 0 Å². The second kappa shape index (κ2) is 16.0. The summed E-state index contributed by atoms with van der Waals surface area (Å²) < 4.78 is 0. The second-order valence-corrected chi connectivity index (χ2v) is 13.6. The summed E-state index contributed by atoms with van der Waals surface area (Å²) in [4.78, 5) is 0. The van der Waals surface area contributed by atoms with Gasteiger partial charge in [-0.3, -0.25) is 0 Å². The molecular formula is C34H32Cl2SiZr. The van der Waals surface area contributed by atoms with E-state index >= 15 is 0 Å².